The Bertz CT molecular complexity index is 1090. The number of nitrogens with one attached hydrogen (secondary N) is 1. The maximum atomic E-state index is 11.6. The van der Waals surface area contributed by atoms with Crippen molar-refractivity contribution in [1.82, 2.24) is 20.0 Å². The van der Waals surface area contributed by atoms with Crippen LogP contribution in [-0.2, 0) is 16.6 Å². The highest BCUT2D eigenvalue weighted by Crippen LogP contribution is 2.32. The van der Waals surface area contributed by atoms with Gasteiger partial charge in [0.15, 0.2) is 11.7 Å². The average Bonchev–Trinajstić information content (AvgIpc) is 3.03. The summed E-state index contributed by atoms with van der Waals surface area (Å²) in [6.07, 6.45) is 3.61. The molecule has 7 heteroatoms. The van der Waals surface area contributed by atoms with E-state index in [0.717, 1.165) is 42.1 Å². The van der Waals surface area contributed by atoms with Crippen LogP contribution in [0.1, 0.15) is 39.2 Å². The average molecular weight is 422 g/mol. The standard InChI is InChI=1S/C24H31N5O2/c1-16-25-22(30)11-14-29(16)23-20-8-7-19(15-21(20)27(6)26-23)18-9-12-28(13-10-18)17(2)31-24(3,4)5/h7-9,15H,1-2,10-14H2,3-6H3,(H,25,30). The molecule has 7 nitrogen and oxygen atoms in total. The van der Waals surface area contributed by atoms with E-state index in [4.69, 9.17) is 9.84 Å². The number of benzene rings is 1. The molecule has 0 unspecified atom stereocenters. The molecule has 164 valence electrons. The van der Waals surface area contributed by atoms with Gasteiger partial charge in [0.2, 0.25) is 5.91 Å². The second-order valence-corrected chi connectivity index (χ2v) is 9.11. The van der Waals surface area contributed by atoms with Crippen LogP contribution in [0.5, 0.6) is 0 Å². The van der Waals surface area contributed by atoms with Gasteiger partial charge in [-0.3, -0.25) is 9.48 Å². The molecular formula is C24H31N5O2. The third kappa shape index (κ3) is 4.31. The van der Waals surface area contributed by atoms with Crippen LogP contribution in [0.3, 0.4) is 0 Å². The fourth-order valence-electron chi connectivity index (χ4n) is 4.09. The Morgan fingerprint density at radius 2 is 2.00 bits per heavy atom. The lowest BCUT2D eigenvalue weighted by Gasteiger charge is -2.33. The molecule has 4 rings (SSSR count). The molecule has 1 aromatic heterocycles. The minimum Gasteiger partial charge on any atom is -0.474 e. The molecule has 0 aliphatic carbocycles. The molecule has 0 saturated carbocycles. The topological polar surface area (TPSA) is 62.6 Å². The molecule has 2 aliphatic rings. The SMILES string of the molecule is C=C(OC(C)(C)C)N1CC=C(c2ccc3c(N4CCC(=O)NC4=C)nn(C)c3c2)CC1. The van der Waals surface area contributed by atoms with E-state index in [9.17, 15) is 4.79 Å². The molecular weight excluding hydrogens is 390 g/mol. The summed E-state index contributed by atoms with van der Waals surface area (Å²) in [5, 5.41) is 8.57. The molecule has 1 saturated heterocycles. The van der Waals surface area contributed by atoms with E-state index in [0.29, 0.717) is 18.8 Å². The Hall–Kier alpha value is -3.22. The highest BCUT2D eigenvalue weighted by Gasteiger charge is 2.25. The second-order valence-electron chi connectivity index (χ2n) is 9.11. The number of fused-ring (bicyclic) bond motifs is 1. The first-order valence-electron chi connectivity index (χ1n) is 10.7. The molecule has 1 amide bonds. The molecule has 2 aliphatic heterocycles. The molecule has 0 bridgehead atoms. The molecule has 31 heavy (non-hydrogen) atoms. The van der Waals surface area contributed by atoms with Gasteiger partial charge in [0.05, 0.1) is 5.52 Å². The first-order valence-corrected chi connectivity index (χ1v) is 10.7. The zero-order valence-electron chi connectivity index (χ0n) is 18.9. The van der Waals surface area contributed by atoms with E-state index in [2.05, 4.69) is 47.6 Å². The Balaban J connectivity index is 1.55. The van der Waals surface area contributed by atoms with Gasteiger partial charge in [-0.1, -0.05) is 18.7 Å². The van der Waals surface area contributed by atoms with E-state index in [1.165, 1.54) is 11.1 Å². The van der Waals surface area contributed by atoms with Crippen molar-refractivity contribution >= 4 is 28.2 Å². The maximum Gasteiger partial charge on any atom is 0.227 e. The van der Waals surface area contributed by atoms with Gasteiger partial charge >= 0.3 is 0 Å². The number of ether oxygens (including phenoxy) is 1. The zero-order chi connectivity index (χ0) is 22.3. The Labute approximate surface area is 183 Å². The van der Waals surface area contributed by atoms with Crippen molar-refractivity contribution in [2.45, 2.75) is 39.2 Å². The van der Waals surface area contributed by atoms with Gasteiger partial charge in [-0.2, -0.15) is 5.10 Å². The lowest BCUT2D eigenvalue weighted by molar-refractivity contribution is -0.120. The van der Waals surface area contributed by atoms with Gasteiger partial charge in [0.1, 0.15) is 11.4 Å². The molecule has 2 aromatic rings. The van der Waals surface area contributed by atoms with Crippen molar-refractivity contribution in [3.8, 4) is 0 Å². The predicted octanol–water partition coefficient (Wildman–Crippen LogP) is 3.75. The minimum absolute atomic E-state index is 0.00219. The van der Waals surface area contributed by atoms with Crippen LogP contribution in [0.15, 0.2) is 49.1 Å². The number of carbonyl (C=O) groups is 1. The lowest BCUT2D eigenvalue weighted by Crippen LogP contribution is -2.42. The summed E-state index contributed by atoms with van der Waals surface area (Å²) in [4.78, 5) is 15.8. The van der Waals surface area contributed by atoms with Crippen molar-refractivity contribution in [3.05, 3.63) is 54.7 Å². The maximum absolute atomic E-state index is 11.6. The Morgan fingerprint density at radius 1 is 1.23 bits per heavy atom. The van der Waals surface area contributed by atoms with Crippen molar-refractivity contribution in [2.24, 2.45) is 7.05 Å². The van der Waals surface area contributed by atoms with Gasteiger partial charge < -0.3 is 19.9 Å². The summed E-state index contributed by atoms with van der Waals surface area (Å²) in [5.74, 6) is 2.13. The molecule has 0 spiro atoms. The number of rotatable bonds is 4. The van der Waals surface area contributed by atoms with Crippen molar-refractivity contribution in [1.29, 1.82) is 0 Å². The number of aryl methyl sites for hydroxylation is 1. The number of hydrogen-bond donors (Lipinski definition) is 1. The molecule has 0 radical (unpaired) electrons. The fourth-order valence-corrected chi connectivity index (χ4v) is 4.09. The van der Waals surface area contributed by atoms with Gasteiger partial charge in [-0.05, 0) is 57.0 Å². The quantitative estimate of drug-likeness (QED) is 0.762. The van der Waals surface area contributed by atoms with Crippen LogP contribution in [0, 0.1) is 0 Å². The number of anilines is 1. The Morgan fingerprint density at radius 3 is 2.65 bits per heavy atom. The first-order chi connectivity index (χ1) is 14.6. The van der Waals surface area contributed by atoms with Crippen LogP contribution in [0.2, 0.25) is 0 Å². The summed E-state index contributed by atoms with van der Waals surface area (Å²) in [6.45, 7) is 16.4. The van der Waals surface area contributed by atoms with E-state index in [1.54, 1.807) is 0 Å². The molecule has 1 fully saturated rings. The first kappa shape index (κ1) is 21.0. The lowest BCUT2D eigenvalue weighted by atomic mass is 9.98. The highest BCUT2D eigenvalue weighted by molar-refractivity contribution is 5.94. The van der Waals surface area contributed by atoms with Crippen LogP contribution in [0.4, 0.5) is 5.82 Å². The third-order valence-electron chi connectivity index (χ3n) is 5.62. The molecule has 1 N–H and O–H groups in total. The number of aromatic nitrogens is 2. The van der Waals surface area contributed by atoms with Crippen molar-refractivity contribution in [2.75, 3.05) is 24.5 Å². The van der Waals surface area contributed by atoms with Gasteiger partial charge in [0.25, 0.3) is 0 Å². The zero-order valence-corrected chi connectivity index (χ0v) is 18.9. The van der Waals surface area contributed by atoms with E-state index in [1.807, 2.05) is 37.4 Å². The summed E-state index contributed by atoms with van der Waals surface area (Å²) in [6, 6.07) is 6.46. The second kappa shape index (κ2) is 7.80. The van der Waals surface area contributed by atoms with Crippen molar-refractivity contribution in [3.63, 3.8) is 0 Å². The van der Waals surface area contributed by atoms with Crippen LogP contribution >= 0.6 is 0 Å². The highest BCUT2D eigenvalue weighted by atomic mass is 16.5. The number of carbonyl (C=O) groups excluding carboxylic acids is 1. The Kier molecular flexibility index (Phi) is 5.29. The predicted molar refractivity (Wildman–Crippen MR) is 124 cm³/mol. The summed E-state index contributed by atoms with van der Waals surface area (Å²) >= 11 is 0. The van der Waals surface area contributed by atoms with E-state index < -0.39 is 0 Å². The normalized spacial score (nSPS) is 17.6. The summed E-state index contributed by atoms with van der Waals surface area (Å²) in [5.41, 5.74) is 3.33. The molecule has 3 heterocycles. The largest absolute Gasteiger partial charge is 0.474 e. The third-order valence-corrected chi connectivity index (χ3v) is 5.62. The number of hydrogen-bond acceptors (Lipinski definition) is 5. The van der Waals surface area contributed by atoms with Crippen molar-refractivity contribution < 1.29 is 9.53 Å². The van der Waals surface area contributed by atoms with Gasteiger partial charge in [0, 0.05) is 38.5 Å². The van der Waals surface area contributed by atoms with Crippen LogP contribution < -0.4 is 10.2 Å². The number of amides is 1. The summed E-state index contributed by atoms with van der Waals surface area (Å²) < 4.78 is 7.82. The van der Waals surface area contributed by atoms with E-state index >= 15 is 0 Å². The minimum atomic E-state index is -0.244. The number of nitrogens with zero attached hydrogens (tertiary/aromatic N) is 4. The summed E-state index contributed by atoms with van der Waals surface area (Å²) in [7, 11) is 1.95. The fraction of sp³-hybridized carbons (Fsp3) is 0.417. The smallest absolute Gasteiger partial charge is 0.227 e. The van der Waals surface area contributed by atoms with Crippen LogP contribution in [-0.4, -0.2) is 45.8 Å². The van der Waals surface area contributed by atoms with Gasteiger partial charge in [-0.25, -0.2) is 0 Å². The monoisotopic (exact) mass is 421 g/mol. The van der Waals surface area contributed by atoms with E-state index in [-0.39, 0.29) is 11.5 Å². The van der Waals surface area contributed by atoms with Gasteiger partial charge in [-0.15, -0.1) is 0 Å². The van der Waals surface area contributed by atoms with Crippen LogP contribution in [0.25, 0.3) is 16.5 Å². The molecule has 0 atom stereocenters. The molecule has 1 aromatic carbocycles.